The van der Waals surface area contributed by atoms with Crippen LogP contribution in [0, 0.1) is 0 Å². The first-order valence-electron chi connectivity index (χ1n) is 5.51. The molecular weight excluding hydrogens is 244 g/mol. The number of ether oxygens (including phenoxy) is 4. The Morgan fingerprint density at radius 3 is 1.89 bits per heavy atom. The summed E-state index contributed by atoms with van der Waals surface area (Å²) in [5, 5.41) is 0. The fourth-order valence-corrected chi connectivity index (χ4v) is 1.65. The summed E-state index contributed by atoms with van der Waals surface area (Å²) in [6, 6.07) is 0. The van der Waals surface area contributed by atoms with Gasteiger partial charge in [-0.25, -0.2) is 0 Å². The fraction of sp³-hybridized carbons (Fsp3) is 0.727. The van der Waals surface area contributed by atoms with Gasteiger partial charge in [0.1, 0.15) is 6.10 Å². The molecule has 0 N–H and O–H groups in total. The summed E-state index contributed by atoms with van der Waals surface area (Å²) in [5.41, 5.74) is 0. The Labute approximate surface area is 104 Å². The molecule has 7 heteroatoms. The van der Waals surface area contributed by atoms with Gasteiger partial charge < -0.3 is 18.9 Å². The number of rotatable bonds is 3. The highest BCUT2D eigenvalue weighted by Crippen LogP contribution is 2.21. The highest BCUT2D eigenvalue weighted by Gasteiger charge is 2.37. The summed E-state index contributed by atoms with van der Waals surface area (Å²) in [4.78, 5) is 32.7. The van der Waals surface area contributed by atoms with Crippen LogP contribution in [0.1, 0.15) is 27.2 Å². The van der Waals surface area contributed by atoms with Crippen LogP contribution in [0.3, 0.4) is 0 Å². The van der Waals surface area contributed by atoms with Gasteiger partial charge in [0.15, 0.2) is 6.10 Å². The molecule has 0 aromatic rings. The molecule has 0 spiro atoms. The quantitative estimate of drug-likeness (QED) is 0.527. The van der Waals surface area contributed by atoms with E-state index in [0.29, 0.717) is 0 Å². The lowest BCUT2D eigenvalue weighted by Crippen LogP contribution is -2.46. The maximum Gasteiger partial charge on any atom is 0.304 e. The zero-order chi connectivity index (χ0) is 13.7. The predicted molar refractivity (Wildman–Crippen MR) is 57.2 cm³/mol. The van der Waals surface area contributed by atoms with E-state index in [9.17, 15) is 14.4 Å². The van der Waals surface area contributed by atoms with Crippen molar-refractivity contribution in [1.29, 1.82) is 0 Å². The Kier molecular flexibility index (Phi) is 5.08. The summed E-state index contributed by atoms with van der Waals surface area (Å²) < 4.78 is 20.1. The van der Waals surface area contributed by atoms with Gasteiger partial charge in [-0.3, -0.25) is 14.4 Å². The van der Waals surface area contributed by atoms with E-state index in [4.69, 9.17) is 18.9 Å². The summed E-state index contributed by atoms with van der Waals surface area (Å²) in [6.45, 7) is 3.77. The number of hydrogen-bond acceptors (Lipinski definition) is 7. The third kappa shape index (κ3) is 4.70. The Bertz CT molecular complexity index is 338. The first kappa shape index (κ1) is 14.4. The lowest BCUT2D eigenvalue weighted by atomic mass is 10.1. The molecule has 1 aliphatic heterocycles. The standard InChI is InChI=1S/C11H16O7/c1-6(12)16-9-4-11(18-8(3)14)15-5-10(9)17-7(2)13/h9-11H,4-5H2,1-3H3/t9-,10-,11?/m0/s1. The van der Waals surface area contributed by atoms with Crippen LogP contribution >= 0.6 is 0 Å². The topological polar surface area (TPSA) is 88.1 Å². The van der Waals surface area contributed by atoms with Crippen molar-refractivity contribution in [1.82, 2.24) is 0 Å². The fourth-order valence-electron chi connectivity index (χ4n) is 1.65. The van der Waals surface area contributed by atoms with E-state index in [2.05, 4.69) is 0 Å². The van der Waals surface area contributed by atoms with E-state index in [1.807, 2.05) is 0 Å². The van der Waals surface area contributed by atoms with E-state index in [0.717, 1.165) is 0 Å². The van der Waals surface area contributed by atoms with Crippen LogP contribution in [0.4, 0.5) is 0 Å². The highest BCUT2D eigenvalue weighted by molar-refractivity contribution is 5.67. The highest BCUT2D eigenvalue weighted by atomic mass is 16.7. The Hall–Kier alpha value is -1.63. The smallest absolute Gasteiger partial charge is 0.304 e. The molecule has 7 nitrogen and oxygen atoms in total. The Balaban J connectivity index is 2.62. The summed E-state index contributed by atoms with van der Waals surface area (Å²) in [7, 11) is 0. The van der Waals surface area contributed by atoms with Gasteiger partial charge in [-0.1, -0.05) is 0 Å². The third-order valence-electron chi connectivity index (χ3n) is 2.22. The molecule has 0 aromatic heterocycles. The van der Waals surface area contributed by atoms with Crippen molar-refractivity contribution < 1.29 is 33.3 Å². The second kappa shape index (κ2) is 6.34. The molecule has 18 heavy (non-hydrogen) atoms. The van der Waals surface area contributed by atoms with Crippen molar-refractivity contribution in [2.75, 3.05) is 6.61 Å². The van der Waals surface area contributed by atoms with Crippen molar-refractivity contribution in [2.45, 2.75) is 45.7 Å². The maximum atomic E-state index is 11.0. The van der Waals surface area contributed by atoms with Crippen LogP contribution in [0.15, 0.2) is 0 Å². The predicted octanol–water partition coefficient (Wildman–Crippen LogP) is 0.159. The number of hydrogen-bond donors (Lipinski definition) is 0. The lowest BCUT2D eigenvalue weighted by molar-refractivity contribution is -0.228. The van der Waals surface area contributed by atoms with Gasteiger partial charge in [0, 0.05) is 20.8 Å². The van der Waals surface area contributed by atoms with Crippen molar-refractivity contribution in [3.63, 3.8) is 0 Å². The van der Waals surface area contributed by atoms with E-state index >= 15 is 0 Å². The largest absolute Gasteiger partial charge is 0.458 e. The molecule has 0 amide bonds. The summed E-state index contributed by atoms with van der Waals surface area (Å²) >= 11 is 0. The minimum atomic E-state index is -0.793. The van der Waals surface area contributed by atoms with Gasteiger partial charge >= 0.3 is 17.9 Å². The molecule has 1 unspecified atom stereocenters. The maximum absolute atomic E-state index is 11.0. The SMILES string of the molecule is CC(=O)OC1C[C@H](OC(C)=O)[C@@H](OC(C)=O)CO1. The second-order valence-electron chi connectivity index (χ2n) is 3.90. The van der Waals surface area contributed by atoms with Gasteiger partial charge in [0.05, 0.1) is 13.0 Å². The Morgan fingerprint density at radius 1 is 0.889 bits per heavy atom. The molecule has 1 fully saturated rings. The average molecular weight is 260 g/mol. The van der Waals surface area contributed by atoms with Gasteiger partial charge in [-0.2, -0.15) is 0 Å². The molecule has 102 valence electrons. The summed E-state index contributed by atoms with van der Waals surface area (Å²) in [5.74, 6) is -1.49. The van der Waals surface area contributed by atoms with Crippen LogP contribution < -0.4 is 0 Å². The molecule has 1 aliphatic rings. The molecule has 0 aromatic carbocycles. The number of esters is 3. The van der Waals surface area contributed by atoms with Crippen LogP contribution in [0.25, 0.3) is 0 Å². The molecule has 1 saturated heterocycles. The van der Waals surface area contributed by atoms with E-state index in [1.165, 1.54) is 20.8 Å². The first-order chi connectivity index (χ1) is 8.38. The molecule has 1 heterocycles. The zero-order valence-corrected chi connectivity index (χ0v) is 10.5. The average Bonchev–Trinajstić information content (AvgIpc) is 2.19. The van der Waals surface area contributed by atoms with Crippen molar-refractivity contribution in [3.8, 4) is 0 Å². The lowest BCUT2D eigenvalue weighted by Gasteiger charge is -2.34. The molecule has 0 aliphatic carbocycles. The monoisotopic (exact) mass is 260 g/mol. The Morgan fingerprint density at radius 2 is 1.39 bits per heavy atom. The number of carbonyl (C=O) groups excluding carboxylic acids is 3. The van der Waals surface area contributed by atoms with Crippen molar-refractivity contribution in [2.24, 2.45) is 0 Å². The van der Waals surface area contributed by atoms with Crippen molar-refractivity contribution >= 4 is 17.9 Å². The normalized spacial score (nSPS) is 27.2. The molecular formula is C11H16O7. The van der Waals surface area contributed by atoms with Crippen LogP contribution in [-0.2, 0) is 33.3 Å². The van der Waals surface area contributed by atoms with E-state index in [-0.39, 0.29) is 13.0 Å². The van der Waals surface area contributed by atoms with Gasteiger partial charge in [-0.05, 0) is 0 Å². The molecule has 3 atom stereocenters. The molecule has 0 saturated carbocycles. The van der Waals surface area contributed by atoms with Crippen molar-refractivity contribution in [3.05, 3.63) is 0 Å². The first-order valence-corrected chi connectivity index (χ1v) is 5.51. The minimum Gasteiger partial charge on any atom is -0.458 e. The number of carbonyl (C=O) groups is 3. The molecule has 0 radical (unpaired) electrons. The van der Waals surface area contributed by atoms with Gasteiger partial charge in [-0.15, -0.1) is 0 Å². The molecule has 0 bridgehead atoms. The van der Waals surface area contributed by atoms with Crippen LogP contribution in [0.5, 0.6) is 0 Å². The van der Waals surface area contributed by atoms with E-state index in [1.54, 1.807) is 0 Å². The second-order valence-corrected chi connectivity index (χ2v) is 3.90. The van der Waals surface area contributed by atoms with Crippen LogP contribution in [0.2, 0.25) is 0 Å². The molecule has 1 rings (SSSR count). The van der Waals surface area contributed by atoms with Gasteiger partial charge in [0.2, 0.25) is 6.29 Å². The van der Waals surface area contributed by atoms with E-state index < -0.39 is 36.4 Å². The summed E-state index contributed by atoms with van der Waals surface area (Å²) in [6.07, 6.45) is -2.02. The van der Waals surface area contributed by atoms with Crippen LogP contribution in [-0.4, -0.2) is 43.0 Å². The zero-order valence-electron chi connectivity index (χ0n) is 10.5. The van der Waals surface area contributed by atoms with Gasteiger partial charge in [0.25, 0.3) is 0 Å². The minimum absolute atomic E-state index is 0.00940. The third-order valence-corrected chi connectivity index (χ3v) is 2.22.